The van der Waals surface area contributed by atoms with Crippen LogP contribution in [0.25, 0.3) is 10.9 Å². The predicted molar refractivity (Wildman–Crippen MR) is 43.4 cm³/mol. The third kappa shape index (κ3) is 1.55. The Labute approximate surface area is 89.0 Å². The molecule has 0 radical (unpaired) electrons. The number of para-hydroxylation sites is 1. The van der Waals surface area contributed by atoms with Crippen LogP contribution < -0.4 is 0 Å². The molecule has 0 aliphatic rings. The zero-order chi connectivity index (χ0) is 7.68. The van der Waals surface area contributed by atoms with Crippen molar-refractivity contribution < 1.29 is 30.9 Å². The van der Waals surface area contributed by atoms with Crippen molar-refractivity contribution in [1.82, 2.24) is 4.98 Å². The fourth-order valence-electron chi connectivity index (χ4n) is 1.09. The van der Waals surface area contributed by atoms with E-state index in [9.17, 15) is 5.11 Å². The number of hydrogen-bond donors (Lipinski definition) is 1. The average Bonchev–Trinajstić information content (AvgIpc) is 2.06. The molecule has 0 spiro atoms. The summed E-state index contributed by atoms with van der Waals surface area (Å²) in [5, 5.41) is 10.3. The van der Waals surface area contributed by atoms with Gasteiger partial charge in [0.15, 0.2) is 0 Å². The van der Waals surface area contributed by atoms with Crippen LogP contribution in [0.4, 0.5) is 0 Å². The van der Waals surface area contributed by atoms with E-state index in [-0.39, 0.29) is 31.6 Å². The van der Waals surface area contributed by atoms with Gasteiger partial charge in [-0.2, -0.15) is 0 Å². The monoisotopic (exact) mass is 325 g/mol. The molecule has 0 bridgehead atoms. The summed E-state index contributed by atoms with van der Waals surface area (Å²) in [7, 11) is 0. The van der Waals surface area contributed by atoms with Crippen molar-refractivity contribution in [3.8, 4) is 5.75 Å². The summed E-state index contributed by atoms with van der Waals surface area (Å²) < 4.78 is 0. The van der Waals surface area contributed by atoms with Crippen LogP contribution in [0, 0.1) is 0 Å². The van der Waals surface area contributed by atoms with E-state index in [0.717, 1.165) is 5.39 Å². The van der Waals surface area contributed by atoms with Gasteiger partial charge in [-0.05, 0) is 12.1 Å². The first-order chi connectivity index (χ1) is 5.38. The molecule has 0 aliphatic carbocycles. The Kier molecular flexibility index (Phi) is 2.98. The summed E-state index contributed by atoms with van der Waals surface area (Å²) in [6.07, 6.45) is 1.67. The van der Waals surface area contributed by atoms with Crippen molar-refractivity contribution in [1.29, 1.82) is 0 Å². The molecule has 3 heteroatoms. The maximum atomic E-state index is 9.31. The number of benzene rings is 1. The molecular weight excluding hydrogens is 317 g/mol. The normalized spacial score (nSPS) is 9.33. The molecule has 0 saturated carbocycles. The number of aromatic nitrogens is 1. The maximum Gasteiger partial charge on any atom is 0.141 e. The van der Waals surface area contributed by atoms with Gasteiger partial charge >= 0.3 is 0 Å². The topological polar surface area (TPSA) is 33.1 Å². The summed E-state index contributed by atoms with van der Waals surface area (Å²) in [6, 6.07) is 9.13. The van der Waals surface area contributed by atoms with E-state index in [2.05, 4.69) is 4.98 Å². The van der Waals surface area contributed by atoms with Crippen LogP contribution in [0.1, 0.15) is 0 Å². The molecule has 0 fully saturated rings. The molecule has 12 heavy (non-hydrogen) atoms. The van der Waals surface area contributed by atoms with Gasteiger partial charge in [-0.15, -0.1) is 0 Å². The number of phenols is 1. The maximum absolute atomic E-state index is 9.31. The van der Waals surface area contributed by atoms with E-state index in [4.69, 9.17) is 0 Å². The summed E-state index contributed by atoms with van der Waals surface area (Å²) in [5.74, 6) is 0.239. The second-order valence-corrected chi connectivity index (χ2v) is 2.35. The van der Waals surface area contributed by atoms with Crippen LogP contribution in [-0.2, 0) is 25.8 Å². The number of aromatic hydroxyl groups is 1. The Balaban J connectivity index is 0.000000720. The van der Waals surface area contributed by atoms with E-state index in [1.807, 2.05) is 18.2 Å². The van der Waals surface area contributed by atoms with Crippen LogP contribution in [0.5, 0.6) is 5.75 Å². The van der Waals surface area contributed by atoms with Gasteiger partial charge < -0.3 is 5.11 Å². The van der Waals surface area contributed by atoms with Crippen molar-refractivity contribution in [3.63, 3.8) is 0 Å². The fraction of sp³-hybridized carbons (Fsp3) is 0. The van der Waals surface area contributed by atoms with Gasteiger partial charge in [0, 0.05) is 37.4 Å². The standard InChI is InChI=1S/C9H7NO.Hf/c11-8-5-1-3-7-4-2-6-10-9(7)8;/h1-6,11H;. The zero-order valence-corrected chi connectivity index (χ0v) is 9.95. The van der Waals surface area contributed by atoms with Crippen LogP contribution in [0.2, 0.25) is 0 Å². The molecule has 2 rings (SSSR count). The first-order valence-electron chi connectivity index (χ1n) is 3.40. The number of pyridine rings is 1. The third-order valence-electron chi connectivity index (χ3n) is 1.61. The minimum atomic E-state index is 0. The van der Waals surface area contributed by atoms with Crippen molar-refractivity contribution >= 4 is 10.9 Å². The second kappa shape index (κ2) is 3.81. The van der Waals surface area contributed by atoms with Gasteiger partial charge in [0.1, 0.15) is 11.3 Å². The molecule has 1 heterocycles. The van der Waals surface area contributed by atoms with Gasteiger partial charge in [0.2, 0.25) is 0 Å². The summed E-state index contributed by atoms with van der Waals surface area (Å²) in [4.78, 5) is 4.03. The Bertz CT molecular complexity index is 384. The minimum absolute atomic E-state index is 0. The van der Waals surface area contributed by atoms with E-state index >= 15 is 0 Å². The quantitative estimate of drug-likeness (QED) is 0.752. The number of fused-ring (bicyclic) bond motifs is 1. The molecule has 0 aliphatic heterocycles. The number of nitrogens with zero attached hydrogens (tertiary/aromatic N) is 1. The zero-order valence-electron chi connectivity index (χ0n) is 6.36. The van der Waals surface area contributed by atoms with Crippen molar-refractivity contribution in [2.45, 2.75) is 0 Å². The molecule has 0 amide bonds. The summed E-state index contributed by atoms with van der Waals surface area (Å²) in [5.41, 5.74) is 0.662. The summed E-state index contributed by atoms with van der Waals surface area (Å²) in [6.45, 7) is 0. The smallest absolute Gasteiger partial charge is 0.141 e. The van der Waals surface area contributed by atoms with E-state index < -0.39 is 0 Å². The van der Waals surface area contributed by atoms with Crippen LogP contribution in [0.15, 0.2) is 36.5 Å². The average molecular weight is 324 g/mol. The number of phenolic OH excluding ortho intramolecular Hbond substituents is 1. The van der Waals surface area contributed by atoms with E-state index in [1.54, 1.807) is 18.3 Å². The number of rotatable bonds is 0. The molecule has 0 saturated heterocycles. The van der Waals surface area contributed by atoms with Gasteiger partial charge in [0.05, 0.1) is 0 Å². The third-order valence-corrected chi connectivity index (χ3v) is 1.61. The fourth-order valence-corrected chi connectivity index (χ4v) is 1.09. The first-order valence-corrected chi connectivity index (χ1v) is 3.40. The second-order valence-electron chi connectivity index (χ2n) is 2.35. The number of hydrogen-bond acceptors (Lipinski definition) is 2. The predicted octanol–water partition coefficient (Wildman–Crippen LogP) is 1.94. The molecule has 0 unspecified atom stereocenters. The van der Waals surface area contributed by atoms with Gasteiger partial charge in [-0.25, -0.2) is 0 Å². The molecule has 1 aromatic carbocycles. The first kappa shape index (κ1) is 9.39. The Morgan fingerprint density at radius 3 is 2.58 bits per heavy atom. The van der Waals surface area contributed by atoms with Gasteiger partial charge in [-0.1, -0.05) is 18.2 Å². The molecule has 1 aromatic heterocycles. The van der Waals surface area contributed by atoms with Gasteiger partial charge in [-0.3, -0.25) is 4.98 Å². The molecular formula is C9H7HfNO. The van der Waals surface area contributed by atoms with Gasteiger partial charge in [0.25, 0.3) is 0 Å². The molecule has 2 nitrogen and oxygen atoms in total. The molecule has 1 N–H and O–H groups in total. The molecule has 0 atom stereocenters. The van der Waals surface area contributed by atoms with Crippen molar-refractivity contribution in [2.24, 2.45) is 0 Å². The van der Waals surface area contributed by atoms with Crippen molar-refractivity contribution in [2.75, 3.05) is 0 Å². The van der Waals surface area contributed by atoms with Crippen LogP contribution >= 0.6 is 0 Å². The van der Waals surface area contributed by atoms with E-state index in [0.29, 0.717) is 5.52 Å². The molecule has 2 aromatic rings. The Hall–Kier alpha value is -0.700. The Morgan fingerprint density at radius 1 is 1.08 bits per heavy atom. The molecule has 58 valence electrons. The Morgan fingerprint density at radius 2 is 1.83 bits per heavy atom. The largest absolute Gasteiger partial charge is 0.506 e. The van der Waals surface area contributed by atoms with Crippen LogP contribution in [0.3, 0.4) is 0 Å². The SMILES string of the molecule is Oc1cccc2cccnc12.[Hf]. The minimum Gasteiger partial charge on any atom is -0.506 e. The van der Waals surface area contributed by atoms with Crippen LogP contribution in [-0.4, -0.2) is 10.1 Å². The van der Waals surface area contributed by atoms with E-state index in [1.165, 1.54) is 0 Å². The van der Waals surface area contributed by atoms with Crippen molar-refractivity contribution in [3.05, 3.63) is 36.5 Å². The summed E-state index contributed by atoms with van der Waals surface area (Å²) >= 11 is 0.